The van der Waals surface area contributed by atoms with E-state index in [1.807, 2.05) is 0 Å². The third-order valence-electron chi connectivity index (χ3n) is 6.07. The van der Waals surface area contributed by atoms with Gasteiger partial charge in [0, 0.05) is 17.1 Å². The molecule has 2 aromatic carbocycles. The lowest BCUT2D eigenvalue weighted by molar-refractivity contribution is -0.439. The summed E-state index contributed by atoms with van der Waals surface area (Å²) in [5, 5.41) is 0. The van der Waals surface area contributed by atoms with Gasteiger partial charge >= 0.3 is 41.8 Å². The predicted octanol–water partition coefficient (Wildman–Crippen LogP) is 10.1. The normalized spacial score (nSPS) is 13.6. The lowest BCUT2D eigenvalue weighted by Crippen LogP contribution is -2.70. The van der Waals surface area contributed by atoms with Gasteiger partial charge < -0.3 is 9.47 Å². The molecule has 3 nitrogen and oxygen atoms in total. The van der Waals surface area contributed by atoms with Crippen LogP contribution in [-0.2, 0) is 0 Å². The molecule has 44 heavy (non-hydrogen) atoms. The second-order valence-corrected chi connectivity index (χ2v) is 10.6. The maximum Gasteiger partial charge on any atom is 0.460 e. The maximum atomic E-state index is 14.0. The lowest BCUT2D eigenvalue weighted by atomic mass is 9.93. The van der Waals surface area contributed by atoms with Crippen molar-refractivity contribution in [2.75, 3.05) is 12.4 Å². The van der Waals surface area contributed by atoms with Gasteiger partial charge in [0.25, 0.3) is 0 Å². The van der Waals surface area contributed by atoms with E-state index in [-0.39, 0.29) is 28.0 Å². The van der Waals surface area contributed by atoms with Crippen molar-refractivity contribution in [2.45, 2.75) is 79.7 Å². The largest absolute Gasteiger partial charge is 0.494 e. The number of benzene rings is 2. The molecule has 2 aromatic rings. The van der Waals surface area contributed by atoms with Gasteiger partial charge in [-0.3, -0.25) is 0 Å². The molecule has 0 bridgehead atoms. The summed E-state index contributed by atoms with van der Waals surface area (Å²) in [6, 6.07) is 10.5. The van der Waals surface area contributed by atoms with Gasteiger partial charge in [0.1, 0.15) is 11.5 Å². The average molecular weight is 677 g/mol. The van der Waals surface area contributed by atoms with Crippen molar-refractivity contribution in [1.29, 1.82) is 0 Å². The van der Waals surface area contributed by atoms with E-state index < -0.39 is 53.9 Å². The number of unbranched alkanes of at least 4 members (excludes halogenated alkanes) is 3. The Morgan fingerprint density at radius 3 is 1.70 bits per heavy atom. The topological polar surface area (TPSA) is 35.5 Å². The Labute approximate surface area is 247 Å². The fourth-order valence-corrected chi connectivity index (χ4v) is 4.35. The van der Waals surface area contributed by atoms with E-state index in [1.54, 1.807) is 12.1 Å². The molecular formula is C27H25F13O3S. The Morgan fingerprint density at radius 1 is 0.659 bits per heavy atom. The first-order valence-electron chi connectivity index (χ1n) is 12.8. The molecule has 0 radical (unpaired) electrons. The Balaban J connectivity index is 1.97. The van der Waals surface area contributed by atoms with E-state index in [4.69, 9.17) is 9.47 Å². The van der Waals surface area contributed by atoms with Gasteiger partial charge in [-0.15, -0.1) is 11.8 Å². The van der Waals surface area contributed by atoms with Crippen molar-refractivity contribution >= 4 is 17.7 Å². The molecule has 0 aliphatic rings. The van der Waals surface area contributed by atoms with Crippen LogP contribution in [0.15, 0.2) is 53.4 Å². The van der Waals surface area contributed by atoms with Crippen LogP contribution >= 0.6 is 11.8 Å². The number of carbonyl (C=O) groups excluding carboxylic acids is 1. The fraction of sp³-hybridized carbons (Fsp3) is 0.519. The Kier molecular flexibility index (Phi) is 11.9. The third kappa shape index (κ3) is 8.05. The van der Waals surface area contributed by atoms with Crippen LogP contribution < -0.4 is 9.47 Å². The van der Waals surface area contributed by atoms with Crippen molar-refractivity contribution < 1.29 is 71.3 Å². The molecule has 17 heteroatoms. The van der Waals surface area contributed by atoms with Gasteiger partial charge in [-0.05, 0) is 55.0 Å². The molecule has 0 amide bonds. The summed E-state index contributed by atoms with van der Waals surface area (Å²) in [4.78, 5) is 12.3. The quantitative estimate of drug-likeness (QED) is 0.0583. The van der Waals surface area contributed by atoms with E-state index in [0.717, 1.165) is 49.9 Å². The number of rotatable bonds is 16. The molecule has 0 atom stereocenters. The number of ether oxygens (including phenoxy) is 2. The second kappa shape index (κ2) is 14.1. The van der Waals surface area contributed by atoms with Crippen LogP contribution in [0, 0.1) is 0 Å². The highest BCUT2D eigenvalue weighted by Crippen LogP contribution is 2.60. The number of alkyl halides is 13. The maximum absolute atomic E-state index is 14.0. The molecular weight excluding hydrogens is 651 g/mol. The summed E-state index contributed by atoms with van der Waals surface area (Å²) in [6.45, 7) is 2.58. The Bertz CT molecular complexity index is 1220. The molecule has 0 saturated heterocycles. The highest BCUT2D eigenvalue weighted by atomic mass is 32.2. The summed E-state index contributed by atoms with van der Waals surface area (Å²) in [6.07, 6.45) is -5.73. The first-order chi connectivity index (χ1) is 20.1. The van der Waals surface area contributed by atoms with Crippen LogP contribution in [0.25, 0.3) is 0 Å². The van der Waals surface area contributed by atoms with Gasteiger partial charge in [-0.1, -0.05) is 26.2 Å². The van der Waals surface area contributed by atoms with Crippen LogP contribution in [-0.4, -0.2) is 54.1 Å². The number of esters is 1. The summed E-state index contributed by atoms with van der Waals surface area (Å²) in [7, 11) is 0. The molecule has 0 unspecified atom stereocenters. The zero-order valence-electron chi connectivity index (χ0n) is 22.6. The van der Waals surface area contributed by atoms with Crippen molar-refractivity contribution in [3.8, 4) is 11.5 Å². The minimum atomic E-state index is -7.92. The number of thioether (sulfide) groups is 1. The van der Waals surface area contributed by atoms with Crippen LogP contribution in [0.5, 0.6) is 11.5 Å². The summed E-state index contributed by atoms with van der Waals surface area (Å²) in [5.41, 5.74) is -0.0602. The zero-order chi connectivity index (χ0) is 33.6. The molecule has 0 heterocycles. The van der Waals surface area contributed by atoms with Gasteiger partial charge in [0.05, 0.1) is 12.2 Å². The lowest BCUT2D eigenvalue weighted by Gasteiger charge is -2.39. The minimum absolute atomic E-state index is 0.0122. The van der Waals surface area contributed by atoms with Crippen LogP contribution in [0.3, 0.4) is 0 Å². The monoisotopic (exact) mass is 676 g/mol. The van der Waals surface area contributed by atoms with Crippen LogP contribution in [0.1, 0.15) is 49.4 Å². The number of hydrogen-bond donors (Lipinski definition) is 0. The van der Waals surface area contributed by atoms with Crippen molar-refractivity contribution in [1.82, 2.24) is 0 Å². The molecule has 0 aliphatic heterocycles. The zero-order valence-corrected chi connectivity index (χ0v) is 23.4. The standard InChI is InChI=1S/C27H25F13O3S/c1-2-3-4-5-15-42-18-8-10-19(11-9-18)43-21(41)17-6-12-20(13-7-17)44-16-14-22(28,29)23(30,31)24(32,33)25(34,35)26(36,37)27(38,39)40/h6-13H,2-5,14-16H2,1H3. The van der Waals surface area contributed by atoms with Gasteiger partial charge in [-0.25, -0.2) is 4.79 Å². The van der Waals surface area contributed by atoms with Gasteiger partial charge in [0.15, 0.2) is 0 Å². The second-order valence-electron chi connectivity index (χ2n) is 9.39. The van der Waals surface area contributed by atoms with E-state index in [2.05, 4.69) is 6.92 Å². The SMILES string of the molecule is CCCCCCOc1ccc(OC(=O)c2ccc(SCCC(F)(F)C(F)(F)C(F)(F)C(F)(F)C(F)(F)C(F)(F)F)cc2)cc1. The summed E-state index contributed by atoms with van der Waals surface area (Å²) < 4.78 is 183. The molecule has 0 N–H and O–H groups in total. The third-order valence-corrected chi connectivity index (χ3v) is 7.09. The van der Waals surface area contributed by atoms with Crippen molar-refractivity contribution in [2.24, 2.45) is 0 Å². The molecule has 0 spiro atoms. The number of hydrogen-bond acceptors (Lipinski definition) is 4. The Morgan fingerprint density at radius 2 is 1.18 bits per heavy atom. The smallest absolute Gasteiger partial charge is 0.460 e. The number of carbonyl (C=O) groups is 1. The minimum Gasteiger partial charge on any atom is -0.494 e. The van der Waals surface area contributed by atoms with E-state index in [1.165, 1.54) is 12.1 Å². The molecule has 2 rings (SSSR count). The van der Waals surface area contributed by atoms with Gasteiger partial charge in [0.2, 0.25) is 0 Å². The van der Waals surface area contributed by atoms with Crippen LogP contribution in [0.2, 0.25) is 0 Å². The van der Waals surface area contributed by atoms with Crippen molar-refractivity contribution in [3.63, 3.8) is 0 Å². The highest BCUT2D eigenvalue weighted by molar-refractivity contribution is 7.99. The van der Waals surface area contributed by atoms with E-state index in [9.17, 15) is 61.9 Å². The Hall–Kier alpha value is -2.85. The van der Waals surface area contributed by atoms with E-state index >= 15 is 0 Å². The van der Waals surface area contributed by atoms with E-state index in [0.29, 0.717) is 12.4 Å². The summed E-state index contributed by atoms with van der Waals surface area (Å²) >= 11 is 0.288. The molecule has 0 aliphatic carbocycles. The first-order valence-corrected chi connectivity index (χ1v) is 13.7. The fourth-order valence-electron chi connectivity index (χ4n) is 3.43. The van der Waals surface area contributed by atoms with Crippen molar-refractivity contribution in [3.05, 3.63) is 54.1 Å². The number of halogens is 13. The molecule has 248 valence electrons. The molecule has 0 saturated carbocycles. The molecule has 0 fully saturated rings. The van der Waals surface area contributed by atoms with Gasteiger partial charge in [-0.2, -0.15) is 57.1 Å². The average Bonchev–Trinajstić information content (AvgIpc) is 2.93. The molecule has 0 aromatic heterocycles. The van der Waals surface area contributed by atoms with Crippen LogP contribution in [0.4, 0.5) is 57.1 Å². The first kappa shape index (κ1) is 37.3. The highest BCUT2D eigenvalue weighted by Gasteiger charge is 2.90. The predicted molar refractivity (Wildman–Crippen MR) is 134 cm³/mol. The summed E-state index contributed by atoms with van der Waals surface area (Å²) in [5.74, 6) is -38.3.